The van der Waals surface area contributed by atoms with E-state index in [1.54, 1.807) is 0 Å². The number of hydrogen-bond donors (Lipinski definition) is 0. The summed E-state index contributed by atoms with van der Waals surface area (Å²) in [5.41, 5.74) is 0. The van der Waals surface area contributed by atoms with Crippen molar-refractivity contribution in [2.45, 2.75) is 6.92 Å². The van der Waals surface area contributed by atoms with E-state index in [0.29, 0.717) is 0 Å². The highest BCUT2D eigenvalue weighted by Gasteiger charge is 2.18. The lowest BCUT2D eigenvalue weighted by Crippen LogP contribution is -2.45. The third-order valence-corrected chi connectivity index (χ3v) is 2.82. The van der Waals surface area contributed by atoms with Crippen LogP contribution in [0, 0.1) is 0 Å². The molecule has 0 aliphatic carbocycles. The fraction of sp³-hybridized carbons (Fsp3) is 0.875. The minimum absolute atomic E-state index is 0.241. The van der Waals surface area contributed by atoms with Crippen molar-refractivity contribution >= 4 is 17.0 Å². The van der Waals surface area contributed by atoms with Crippen LogP contribution < -0.4 is 0 Å². The molecule has 1 saturated heterocycles. The summed E-state index contributed by atoms with van der Waals surface area (Å²) in [6, 6.07) is 0. The summed E-state index contributed by atoms with van der Waals surface area (Å²) in [6.45, 7) is 5.81. The van der Waals surface area contributed by atoms with Crippen LogP contribution in [0.4, 0.5) is 4.79 Å². The number of amides is 1. The average Bonchev–Trinajstić information content (AvgIpc) is 2.06. The number of rotatable bonds is 1. The van der Waals surface area contributed by atoms with E-state index < -0.39 is 0 Å². The molecular formula is C8H16N2OS. The average molecular weight is 188 g/mol. The maximum Gasteiger partial charge on any atom is 0.281 e. The topological polar surface area (TPSA) is 23.6 Å². The molecule has 1 amide bonds. The molecule has 12 heavy (non-hydrogen) atoms. The normalized spacial score (nSPS) is 19.7. The summed E-state index contributed by atoms with van der Waals surface area (Å²) in [5, 5.41) is 0.241. The standard InChI is InChI=1S/C8H16N2OS/c1-3-12-8(11)10-6-4-9(2)5-7-10/h3-7H2,1-2H3. The van der Waals surface area contributed by atoms with Crippen LogP contribution >= 0.6 is 11.8 Å². The number of likely N-dealkylation sites (N-methyl/N-ethyl adjacent to an activating group) is 1. The lowest BCUT2D eigenvalue weighted by Gasteiger charge is -2.31. The molecule has 0 N–H and O–H groups in total. The zero-order valence-corrected chi connectivity index (χ0v) is 8.56. The number of nitrogens with zero attached hydrogens (tertiary/aromatic N) is 2. The number of carbonyl (C=O) groups excluding carboxylic acids is 1. The van der Waals surface area contributed by atoms with E-state index in [1.165, 1.54) is 11.8 Å². The molecule has 1 aliphatic heterocycles. The number of thioether (sulfide) groups is 1. The monoisotopic (exact) mass is 188 g/mol. The van der Waals surface area contributed by atoms with Crippen molar-refractivity contribution < 1.29 is 4.79 Å². The molecule has 0 spiro atoms. The summed E-state index contributed by atoms with van der Waals surface area (Å²) in [7, 11) is 2.09. The smallest absolute Gasteiger partial charge is 0.281 e. The molecule has 0 aromatic rings. The second-order valence-corrected chi connectivity index (χ2v) is 4.20. The summed E-state index contributed by atoms with van der Waals surface area (Å²) < 4.78 is 0. The van der Waals surface area contributed by atoms with Gasteiger partial charge in [-0.05, 0) is 12.8 Å². The summed E-state index contributed by atoms with van der Waals surface area (Å²) in [5.74, 6) is 0.880. The van der Waals surface area contributed by atoms with Crippen molar-refractivity contribution in [3.63, 3.8) is 0 Å². The van der Waals surface area contributed by atoms with Crippen molar-refractivity contribution in [3.05, 3.63) is 0 Å². The van der Waals surface area contributed by atoms with Crippen LogP contribution in [0.5, 0.6) is 0 Å². The predicted molar refractivity (Wildman–Crippen MR) is 52.6 cm³/mol. The van der Waals surface area contributed by atoms with Gasteiger partial charge in [0.25, 0.3) is 5.24 Å². The minimum atomic E-state index is 0.241. The van der Waals surface area contributed by atoms with E-state index >= 15 is 0 Å². The Kier molecular flexibility index (Phi) is 3.88. The highest BCUT2D eigenvalue weighted by molar-refractivity contribution is 8.13. The molecule has 1 rings (SSSR count). The molecule has 3 nitrogen and oxygen atoms in total. The van der Waals surface area contributed by atoms with Crippen molar-refractivity contribution in [1.29, 1.82) is 0 Å². The van der Waals surface area contributed by atoms with Crippen molar-refractivity contribution in [3.8, 4) is 0 Å². The lowest BCUT2D eigenvalue weighted by atomic mass is 10.4. The van der Waals surface area contributed by atoms with Crippen LogP contribution in [0.25, 0.3) is 0 Å². The first-order chi connectivity index (χ1) is 5.74. The predicted octanol–water partition coefficient (Wildman–Crippen LogP) is 1.11. The van der Waals surface area contributed by atoms with Gasteiger partial charge >= 0.3 is 0 Å². The molecule has 0 saturated carbocycles. The molecule has 0 aromatic carbocycles. The van der Waals surface area contributed by atoms with Crippen LogP contribution in [0.2, 0.25) is 0 Å². The second-order valence-electron chi connectivity index (χ2n) is 2.99. The fourth-order valence-electron chi connectivity index (χ4n) is 1.20. The maximum atomic E-state index is 11.4. The minimum Gasteiger partial charge on any atom is -0.331 e. The second kappa shape index (κ2) is 4.72. The van der Waals surface area contributed by atoms with Gasteiger partial charge < -0.3 is 9.80 Å². The van der Waals surface area contributed by atoms with Gasteiger partial charge in [0.2, 0.25) is 0 Å². The molecule has 0 atom stereocenters. The van der Waals surface area contributed by atoms with Crippen LogP contribution in [-0.4, -0.2) is 54.0 Å². The van der Waals surface area contributed by atoms with Gasteiger partial charge in [-0.1, -0.05) is 18.7 Å². The summed E-state index contributed by atoms with van der Waals surface area (Å²) >= 11 is 1.41. The van der Waals surface area contributed by atoms with E-state index in [2.05, 4.69) is 11.9 Å². The van der Waals surface area contributed by atoms with E-state index in [-0.39, 0.29) is 5.24 Å². The van der Waals surface area contributed by atoms with Crippen molar-refractivity contribution in [2.75, 3.05) is 39.0 Å². The van der Waals surface area contributed by atoms with Gasteiger partial charge in [0.1, 0.15) is 0 Å². The zero-order valence-electron chi connectivity index (χ0n) is 7.75. The molecule has 0 radical (unpaired) electrons. The Hall–Kier alpha value is -0.220. The molecule has 1 heterocycles. The zero-order chi connectivity index (χ0) is 8.97. The number of hydrogen-bond acceptors (Lipinski definition) is 3. The Bertz CT molecular complexity index is 155. The van der Waals surface area contributed by atoms with Crippen LogP contribution in [0.3, 0.4) is 0 Å². The summed E-state index contributed by atoms with van der Waals surface area (Å²) in [6.07, 6.45) is 0. The van der Waals surface area contributed by atoms with Crippen molar-refractivity contribution in [1.82, 2.24) is 9.80 Å². The Morgan fingerprint density at radius 1 is 1.33 bits per heavy atom. The highest BCUT2D eigenvalue weighted by atomic mass is 32.2. The Labute approximate surface area is 78.1 Å². The van der Waals surface area contributed by atoms with Gasteiger partial charge in [0.15, 0.2) is 0 Å². The first-order valence-corrected chi connectivity index (χ1v) is 5.33. The molecule has 1 aliphatic rings. The third kappa shape index (κ3) is 2.68. The molecule has 0 unspecified atom stereocenters. The third-order valence-electron chi connectivity index (χ3n) is 2.03. The van der Waals surface area contributed by atoms with Gasteiger partial charge in [-0.2, -0.15) is 0 Å². The molecule has 4 heteroatoms. The Balaban J connectivity index is 2.29. The van der Waals surface area contributed by atoms with Crippen molar-refractivity contribution in [2.24, 2.45) is 0 Å². The van der Waals surface area contributed by atoms with E-state index in [1.807, 2.05) is 11.8 Å². The summed E-state index contributed by atoms with van der Waals surface area (Å²) in [4.78, 5) is 15.6. The SMILES string of the molecule is CCSC(=O)N1CCN(C)CC1. The Morgan fingerprint density at radius 3 is 2.42 bits per heavy atom. The highest BCUT2D eigenvalue weighted by Crippen LogP contribution is 2.10. The Morgan fingerprint density at radius 2 is 1.92 bits per heavy atom. The number of carbonyl (C=O) groups is 1. The molecule has 0 bridgehead atoms. The maximum absolute atomic E-state index is 11.4. The molecule has 70 valence electrons. The first-order valence-electron chi connectivity index (χ1n) is 4.34. The van der Waals surface area contributed by atoms with E-state index in [9.17, 15) is 4.79 Å². The van der Waals surface area contributed by atoms with E-state index in [0.717, 1.165) is 31.9 Å². The van der Waals surface area contributed by atoms with Crippen LogP contribution in [0.1, 0.15) is 6.92 Å². The molecule has 1 fully saturated rings. The van der Waals surface area contributed by atoms with Gasteiger partial charge in [-0.3, -0.25) is 4.79 Å². The molecule has 0 aromatic heterocycles. The van der Waals surface area contributed by atoms with Crippen LogP contribution in [0.15, 0.2) is 0 Å². The van der Waals surface area contributed by atoms with Crippen LogP contribution in [-0.2, 0) is 0 Å². The fourth-order valence-corrected chi connectivity index (χ4v) is 1.82. The quantitative estimate of drug-likeness (QED) is 0.616. The van der Waals surface area contributed by atoms with Gasteiger partial charge in [0, 0.05) is 26.2 Å². The van der Waals surface area contributed by atoms with Gasteiger partial charge in [-0.25, -0.2) is 0 Å². The van der Waals surface area contributed by atoms with E-state index in [4.69, 9.17) is 0 Å². The molecular weight excluding hydrogens is 172 g/mol. The number of piperazine rings is 1. The first kappa shape index (κ1) is 9.86. The lowest BCUT2D eigenvalue weighted by molar-refractivity contribution is 0.172. The largest absolute Gasteiger partial charge is 0.331 e. The van der Waals surface area contributed by atoms with Gasteiger partial charge in [-0.15, -0.1) is 0 Å². The van der Waals surface area contributed by atoms with Gasteiger partial charge in [0.05, 0.1) is 0 Å².